The van der Waals surface area contributed by atoms with Crippen LogP contribution in [0.3, 0.4) is 0 Å². The first kappa shape index (κ1) is 14.3. The van der Waals surface area contributed by atoms with Crippen molar-refractivity contribution in [1.29, 1.82) is 0 Å². The first-order valence-corrected chi connectivity index (χ1v) is 6.43. The molecule has 1 atom stereocenters. The molecule has 1 unspecified atom stereocenters. The van der Waals surface area contributed by atoms with E-state index in [2.05, 4.69) is 5.32 Å². The Morgan fingerprint density at radius 2 is 1.95 bits per heavy atom. The molecule has 1 aliphatic rings. The van der Waals surface area contributed by atoms with Crippen molar-refractivity contribution in [2.45, 2.75) is 6.04 Å². The third kappa shape index (κ3) is 2.75. The van der Waals surface area contributed by atoms with Crippen LogP contribution in [-0.4, -0.2) is 56.0 Å². The molecule has 0 spiro atoms. The summed E-state index contributed by atoms with van der Waals surface area (Å²) in [4.78, 5) is 26.4. The number of nitrogens with zero attached hydrogens (tertiary/aromatic N) is 2. The van der Waals surface area contributed by atoms with Crippen molar-refractivity contribution >= 4 is 11.9 Å². The highest BCUT2D eigenvalue weighted by Gasteiger charge is 2.34. The zero-order valence-electron chi connectivity index (χ0n) is 11.9. The fraction of sp³-hybridized carbons (Fsp3) is 0.429. The Bertz CT molecular complexity index is 501. The number of carbonyl (C=O) groups excluding carboxylic acids is 2. The molecule has 3 amide bonds. The van der Waals surface area contributed by atoms with Gasteiger partial charge in [0.15, 0.2) is 0 Å². The summed E-state index contributed by atoms with van der Waals surface area (Å²) < 4.78 is 5.12. The van der Waals surface area contributed by atoms with Gasteiger partial charge in [-0.2, -0.15) is 0 Å². The predicted molar refractivity (Wildman–Crippen MR) is 74.5 cm³/mol. The molecular formula is C14H19N3O3. The van der Waals surface area contributed by atoms with E-state index in [0.717, 1.165) is 11.3 Å². The highest BCUT2D eigenvalue weighted by atomic mass is 16.5. The van der Waals surface area contributed by atoms with E-state index in [1.165, 1.54) is 9.80 Å². The van der Waals surface area contributed by atoms with E-state index in [4.69, 9.17) is 4.74 Å². The SMILES string of the molecule is CNC(CN1C(=O)CN(C)C1=O)c1ccc(OC)cc1. The summed E-state index contributed by atoms with van der Waals surface area (Å²) >= 11 is 0. The van der Waals surface area contributed by atoms with Gasteiger partial charge in [-0.25, -0.2) is 4.79 Å². The van der Waals surface area contributed by atoms with E-state index in [1.54, 1.807) is 14.2 Å². The normalized spacial score (nSPS) is 16.8. The maximum absolute atomic E-state index is 11.9. The van der Waals surface area contributed by atoms with Crippen molar-refractivity contribution < 1.29 is 14.3 Å². The van der Waals surface area contributed by atoms with Gasteiger partial charge in [0.25, 0.3) is 0 Å². The van der Waals surface area contributed by atoms with Crippen LogP contribution in [0.25, 0.3) is 0 Å². The van der Waals surface area contributed by atoms with E-state index < -0.39 is 0 Å². The monoisotopic (exact) mass is 277 g/mol. The van der Waals surface area contributed by atoms with Crippen molar-refractivity contribution in [3.8, 4) is 5.75 Å². The molecule has 1 saturated heterocycles. The van der Waals surface area contributed by atoms with Crippen molar-refractivity contribution in [3.63, 3.8) is 0 Å². The number of amides is 3. The Hall–Kier alpha value is -2.08. The largest absolute Gasteiger partial charge is 0.497 e. The van der Waals surface area contributed by atoms with Crippen LogP contribution in [0.2, 0.25) is 0 Å². The number of hydrogen-bond donors (Lipinski definition) is 1. The van der Waals surface area contributed by atoms with Gasteiger partial charge in [0.1, 0.15) is 12.3 Å². The minimum Gasteiger partial charge on any atom is -0.497 e. The highest BCUT2D eigenvalue weighted by Crippen LogP contribution is 2.20. The molecule has 0 aromatic heterocycles. The number of ether oxygens (including phenoxy) is 1. The molecule has 6 nitrogen and oxygen atoms in total. The van der Waals surface area contributed by atoms with Crippen molar-refractivity contribution in [3.05, 3.63) is 29.8 Å². The summed E-state index contributed by atoms with van der Waals surface area (Å²) in [6, 6.07) is 7.23. The van der Waals surface area contributed by atoms with Crippen molar-refractivity contribution in [1.82, 2.24) is 15.1 Å². The Morgan fingerprint density at radius 3 is 2.40 bits per heavy atom. The lowest BCUT2D eigenvalue weighted by molar-refractivity contribution is -0.125. The number of benzene rings is 1. The summed E-state index contributed by atoms with van der Waals surface area (Å²) in [7, 11) is 5.05. The Morgan fingerprint density at radius 1 is 1.30 bits per heavy atom. The van der Waals surface area contributed by atoms with E-state index in [0.29, 0.717) is 6.54 Å². The Balaban J connectivity index is 2.12. The summed E-state index contributed by atoms with van der Waals surface area (Å²) in [5.41, 5.74) is 1.00. The Kier molecular flexibility index (Phi) is 4.24. The predicted octanol–water partition coefficient (Wildman–Crippen LogP) is 0.850. The first-order chi connectivity index (χ1) is 9.56. The number of rotatable bonds is 5. The van der Waals surface area contributed by atoms with Gasteiger partial charge in [-0.3, -0.25) is 9.69 Å². The maximum atomic E-state index is 11.9. The molecule has 1 aromatic carbocycles. The topological polar surface area (TPSA) is 61.9 Å². The molecule has 1 N–H and O–H groups in total. The van der Waals surface area contributed by atoms with Crippen molar-refractivity contribution in [2.75, 3.05) is 34.3 Å². The van der Waals surface area contributed by atoms with E-state index in [1.807, 2.05) is 31.3 Å². The van der Waals surface area contributed by atoms with Gasteiger partial charge >= 0.3 is 6.03 Å². The summed E-state index contributed by atoms with van der Waals surface area (Å²) in [5.74, 6) is 0.614. The highest BCUT2D eigenvalue weighted by molar-refractivity contribution is 6.01. The van der Waals surface area contributed by atoms with Crippen LogP contribution in [0.1, 0.15) is 11.6 Å². The smallest absolute Gasteiger partial charge is 0.327 e. The van der Waals surface area contributed by atoms with Crippen LogP contribution in [-0.2, 0) is 4.79 Å². The first-order valence-electron chi connectivity index (χ1n) is 6.43. The van der Waals surface area contributed by atoms with Gasteiger partial charge in [-0.1, -0.05) is 12.1 Å². The molecule has 20 heavy (non-hydrogen) atoms. The second kappa shape index (κ2) is 5.92. The summed E-state index contributed by atoms with van der Waals surface area (Å²) in [5, 5.41) is 3.13. The van der Waals surface area contributed by atoms with E-state index >= 15 is 0 Å². The molecule has 0 radical (unpaired) electrons. The number of urea groups is 1. The van der Waals surface area contributed by atoms with Crippen LogP contribution in [0.15, 0.2) is 24.3 Å². The van der Waals surface area contributed by atoms with Crippen LogP contribution >= 0.6 is 0 Å². The lowest BCUT2D eigenvalue weighted by Crippen LogP contribution is -2.38. The second-order valence-corrected chi connectivity index (χ2v) is 4.76. The zero-order chi connectivity index (χ0) is 14.7. The minimum atomic E-state index is -0.247. The third-order valence-corrected chi connectivity index (χ3v) is 3.46. The van der Waals surface area contributed by atoms with Gasteiger partial charge in [-0.15, -0.1) is 0 Å². The van der Waals surface area contributed by atoms with Crippen LogP contribution in [0.4, 0.5) is 4.79 Å². The van der Waals surface area contributed by atoms with Crippen LogP contribution in [0, 0.1) is 0 Å². The number of nitrogens with one attached hydrogen (secondary N) is 1. The molecular weight excluding hydrogens is 258 g/mol. The number of hydrogen-bond acceptors (Lipinski definition) is 4. The molecule has 1 aromatic rings. The fourth-order valence-electron chi connectivity index (χ4n) is 2.23. The van der Waals surface area contributed by atoms with Crippen LogP contribution < -0.4 is 10.1 Å². The molecule has 1 fully saturated rings. The Labute approximate surface area is 118 Å². The maximum Gasteiger partial charge on any atom is 0.327 e. The standard InChI is InChI=1S/C14H19N3O3/c1-15-12(10-4-6-11(20-3)7-5-10)8-17-13(18)9-16(2)14(17)19/h4-7,12,15H,8-9H2,1-3H3. The lowest BCUT2D eigenvalue weighted by atomic mass is 10.1. The number of methoxy groups -OCH3 is 1. The molecule has 1 aliphatic heterocycles. The summed E-state index contributed by atoms with van der Waals surface area (Å²) in [6.45, 7) is 0.475. The van der Waals surface area contributed by atoms with E-state index in [-0.39, 0.29) is 24.5 Å². The molecule has 1 heterocycles. The van der Waals surface area contributed by atoms with Gasteiger partial charge in [0.2, 0.25) is 5.91 Å². The number of carbonyl (C=O) groups is 2. The average Bonchev–Trinajstić information content (AvgIpc) is 2.70. The number of likely N-dealkylation sites (N-methyl/N-ethyl adjacent to an activating group) is 2. The molecule has 0 saturated carbocycles. The van der Waals surface area contributed by atoms with Gasteiger partial charge < -0.3 is 15.0 Å². The molecule has 2 rings (SSSR count). The van der Waals surface area contributed by atoms with Gasteiger partial charge in [0, 0.05) is 13.6 Å². The minimum absolute atomic E-state index is 0.0969. The fourth-order valence-corrected chi connectivity index (χ4v) is 2.23. The lowest BCUT2D eigenvalue weighted by Gasteiger charge is -2.22. The molecule has 108 valence electrons. The zero-order valence-corrected chi connectivity index (χ0v) is 11.9. The van der Waals surface area contributed by atoms with Gasteiger partial charge in [0.05, 0.1) is 13.2 Å². The molecule has 6 heteroatoms. The summed E-state index contributed by atoms with van der Waals surface area (Å²) in [6.07, 6.45) is 0. The number of imide groups is 1. The van der Waals surface area contributed by atoms with Gasteiger partial charge in [-0.05, 0) is 24.7 Å². The third-order valence-electron chi connectivity index (χ3n) is 3.46. The van der Waals surface area contributed by atoms with E-state index in [9.17, 15) is 9.59 Å². The molecule has 0 bridgehead atoms. The quantitative estimate of drug-likeness (QED) is 0.811. The van der Waals surface area contributed by atoms with Crippen molar-refractivity contribution in [2.24, 2.45) is 0 Å². The van der Waals surface area contributed by atoms with Crippen LogP contribution in [0.5, 0.6) is 5.75 Å². The average molecular weight is 277 g/mol. The second-order valence-electron chi connectivity index (χ2n) is 4.76. The molecule has 0 aliphatic carbocycles.